The molecule has 4 nitrogen and oxygen atoms in total. The first-order valence-electron chi connectivity index (χ1n) is 6.17. The van der Waals surface area contributed by atoms with Gasteiger partial charge in [-0.25, -0.2) is 4.79 Å². The minimum absolute atomic E-state index is 0.259. The molecule has 0 aromatic heterocycles. The monoisotopic (exact) mass is 251 g/mol. The van der Waals surface area contributed by atoms with Crippen LogP contribution in [0.5, 0.6) is 0 Å². The number of benzene rings is 1. The van der Waals surface area contributed by atoms with Gasteiger partial charge in [-0.2, -0.15) is 0 Å². The molecule has 100 valence electrons. The lowest BCUT2D eigenvalue weighted by Crippen LogP contribution is -2.25. The van der Waals surface area contributed by atoms with Crippen LogP contribution < -0.4 is 5.32 Å². The molecule has 0 spiro atoms. The summed E-state index contributed by atoms with van der Waals surface area (Å²) < 4.78 is 5.17. The van der Waals surface area contributed by atoms with Crippen LogP contribution >= 0.6 is 0 Å². The number of hydrogen-bond acceptors (Lipinski definition) is 3. The van der Waals surface area contributed by atoms with E-state index in [1.54, 1.807) is 19.2 Å². The second-order valence-corrected chi connectivity index (χ2v) is 4.42. The van der Waals surface area contributed by atoms with Gasteiger partial charge in [-0.15, -0.1) is 0 Å². The fourth-order valence-corrected chi connectivity index (χ4v) is 1.93. The standard InChI is InChI=1S/C14H21NO3/c1-4-5-12(9-18-3)15-13-7-6-11(14(16)17)8-10(13)2/h6-8,12,15H,4-5,9H2,1-3H3,(H,16,17). The molecule has 2 N–H and O–H groups in total. The van der Waals surface area contributed by atoms with E-state index in [2.05, 4.69) is 12.2 Å². The Hall–Kier alpha value is -1.55. The smallest absolute Gasteiger partial charge is 0.335 e. The summed E-state index contributed by atoms with van der Waals surface area (Å²) in [5, 5.41) is 12.3. The molecule has 1 aromatic carbocycles. The molecule has 0 amide bonds. The Labute approximate surface area is 108 Å². The van der Waals surface area contributed by atoms with Crippen LogP contribution in [0.4, 0.5) is 5.69 Å². The zero-order valence-corrected chi connectivity index (χ0v) is 11.2. The number of aromatic carboxylic acids is 1. The molecule has 0 aliphatic rings. The van der Waals surface area contributed by atoms with Crippen LogP contribution in [0, 0.1) is 6.92 Å². The number of methoxy groups -OCH3 is 1. The van der Waals surface area contributed by atoms with Crippen molar-refractivity contribution < 1.29 is 14.6 Å². The van der Waals surface area contributed by atoms with Gasteiger partial charge in [0.25, 0.3) is 0 Å². The molecule has 0 aliphatic heterocycles. The van der Waals surface area contributed by atoms with Crippen molar-refractivity contribution >= 4 is 11.7 Å². The third-order valence-electron chi connectivity index (χ3n) is 2.84. The quantitative estimate of drug-likeness (QED) is 0.782. The zero-order chi connectivity index (χ0) is 13.5. The summed E-state index contributed by atoms with van der Waals surface area (Å²) in [6, 6.07) is 5.37. The van der Waals surface area contributed by atoms with Crippen LogP contribution in [0.15, 0.2) is 18.2 Å². The van der Waals surface area contributed by atoms with Gasteiger partial charge in [0.05, 0.1) is 12.2 Å². The number of aryl methyl sites for hydroxylation is 1. The van der Waals surface area contributed by atoms with E-state index < -0.39 is 5.97 Å². The van der Waals surface area contributed by atoms with Gasteiger partial charge in [0.2, 0.25) is 0 Å². The van der Waals surface area contributed by atoms with Crippen LogP contribution in [0.2, 0.25) is 0 Å². The average Bonchev–Trinajstić information content (AvgIpc) is 2.32. The molecule has 0 saturated carbocycles. The molecule has 0 bridgehead atoms. The minimum atomic E-state index is -0.897. The third kappa shape index (κ3) is 4.04. The minimum Gasteiger partial charge on any atom is -0.478 e. The maximum atomic E-state index is 10.9. The van der Waals surface area contributed by atoms with Gasteiger partial charge in [0.15, 0.2) is 0 Å². The van der Waals surface area contributed by atoms with Crippen molar-refractivity contribution in [3.63, 3.8) is 0 Å². The van der Waals surface area contributed by atoms with Crippen LogP contribution in [-0.4, -0.2) is 30.8 Å². The lowest BCUT2D eigenvalue weighted by Gasteiger charge is -2.20. The van der Waals surface area contributed by atoms with Crippen molar-refractivity contribution in [3.05, 3.63) is 29.3 Å². The molecule has 1 unspecified atom stereocenters. The molecule has 18 heavy (non-hydrogen) atoms. The number of anilines is 1. The van der Waals surface area contributed by atoms with Gasteiger partial charge >= 0.3 is 5.97 Å². The Balaban J connectivity index is 2.79. The van der Waals surface area contributed by atoms with E-state index in [4.69, 9.17) is 9.84 Å². The zero-order valence-electron chi connectivity index (χ0n) is 11.2. The number of rotatable bonds is 7. The number of nitrogens with one attached hydrogen (secondary N) is 1. The topological polar surface area (TPSA) is 58.6 Å². The Morgan fingerprint density at radius 2 is 2.22 bits per heavy atom. The second-order valence-electron chi connectivity index (χ2n) is 4.42. The van der Waals surface area contributed by atoms with Crippen molar-refractivity contribution in [2.45, 2.75) is 32.7 Å². The maximum Gasteiger partial charge on any atom is 0.335 e. The van der Waals surface area contributed by atoms with Gasteiger partial charge < -0.3 is 15.2 Å². The van der Waals surface area contributed by atoms with E-state index in [0.717, 1.165) is 24.1 Å². The average molecular weight is 251 g/mol. The number of carboxylic acids is 1. The Kier molecular flexibility index (Phi) is 5.65. The van der Waals surface area contributed by atoms with Crippen molar-refractivity contribution in [3.8, 4) is 0 Å². The molecule has 1 atom stereocenters. The maximum absolute atomic E-state index is 10.9. The summed E-state index contributed by atoms with van der Waals surface area (Å²) in [4.78, 5) is 10.9. The van der Waals surface area contributed by atoms with Crippen LogP contribution in [0.1, 0.15) is 35.7 Å². The highest BCUT2D eigenvalue weighted by molar-refractivity contribution is 5.88. The van der Waals surface area contributed by atoms with Crippen LogP contribution in [-0.2, 0) is 4.74 Å². The summed E-state index contributed by atoms with van der Waals surface area (Å²) in [7, 11) is 1.69. The van der Waals surface area contributed by atoms with Crippen molar-refractivity contribution in [2.24, 2.45) is 0 Å². The fourth-order valence-electron chi connectivity index (χ4n) is 1.93. The van der Waals surface area contributed by atoms with Gasteiger partial charge in [-0.1, -0.05) is 13.3 Å². The lowest BCUT2D eigenvalue weighted by atomic mass is 10.1. The van der Waals surface area contributed by atoms with Crippen molar-refractivity contribution in [1.29, 1.82) is 0 Å². The van der Waals surface area contributed by atoms with Gasteiger partial charge in [0.1, 0.15) is 0 Å². The van der Waals surface area contributed by atoms with E-state index in [1.165, 1.54) is 0 Å². The summed E-state index contributed by atoms with van der Waals surface area (Å²) in [6.45, 7) is 4.68. The van der Waals surface area contributed by atoms with Gasteiger partial charge in [0, 0.05) is 18.8 Å². The Morgan fingerprint density at radius 1 is 1.50 bits per heavy atom. The van der Waals surface area contributed by atoms with Crippen molar-refractivity contribution in [1.82, 2.24) is 0 Å². The number of carbonyl (C=O) groups is 1. The van der Waals surface area contributed by atoms with E-state index >= 15 is 0 Å². The molecule has 0 radical (unpaired) electrons. The van der Waals surface area contributed by atoms with E-state index in [0.29, 0.717) is 12.2 Å². The molecule has 1 rings (SSSR count). The largest absolute Gasteiger partial charge is 0.478 e. The highest BCUT2D eigenvalue weighted by Crippen LogP contribution is 2.18. The fraction of sp³-hybridized carbons (Fsp3) is 0.500. The van der Waals surface area contributed by atoms with Gasteiger partial charge in [-0.05, 0) is 37.1 Å². The third-order valence-corrected chi connectivity index (χ3v) is 2.84. The van der Waals surface area contributed by atoms with E-state index in [1.807, 2.05) is 13.0 Å². The second kappa shape index (κ2) is 7.01. The lowest BCUT2D eigenvalue weighted by molar-refractivity contribution is 0.0697. The Bertz CT molecular complexity index is 398. The Morgan fingerprint density at radius 3 is 2.72 bits per heavy atom. The molecule has 0 heterocycles. The predicted molar refractivity (Wildman–Crippen MR) is 72.3 cm³/mol. The number of hydrogen-bond donors (Lipinski definition) is 2. The van der Waals surface area contributed by atoms with Crippen LogP contribution in [0.25, 0.3) is 0 Å². The van der Waals surface area contributed by atoms with Crippen molar-refractivity contribution in [2.75, 3.05) is 19.0 Å². The number of carboxylic acid groups (broad SMARTS) is 1. The SMILES string of the molecule is CCCC(COC)Nc1ccc(C(=O)O)cc1C. The first kappa shape index (κ1) is 14.5. The highest BCUT2D eigenvalue weighted by atomic mass is 16.5. The predicted octanol–water partition coefficient (Wildman–Crippen LogP) is 2.92. The molecule has 4 heteroatoms. The number of ether oxygens (including phenoxy) is 1. The molecule has 1 aromatic rings. The summed E-state index contributed by atoms with van der Waals surface area (Å²) >= 11 is 0. The first-order chi connectivity index (χ1) is 8.58. The summed E-state index contributed by atoms with van der Waals surface area (Å²) in [5.74, 6) is -0.897. The van der Waals surface area contributed by atoms with Crippen LogP contribution in [0.3, 0.4) is 0 Å². The highest BCUT2D eigenvalue weighted by Gasteiger charge is 2.10. The van der Waals surface area contributed by atoms with E-state index in [-0.39, 0.29) is 6.04 Å². The normalized spacial score (nSPS) is 12.2. The molecular formula is C14H21NO3. The molecule has 0 aliphatic carbocycles. The summed E-state index contributed by atoms with van der Waals surface area (Å²) in [5.41, 5.74) is 2.22. The van der Waals surface area contributed by atoms with Gasteiger partial charge in [-0.3, -0.25) is 0 Å². The first-order valence-corrected chi connectivity index (χ1v) is 6.17. The summed E-state index contributed by atoms with van der Waals surface area (Å²) in [6.07, 6.45) is 2.10. The molecule has 0 fully saturated rings. The molecular weight excluding hydrogens is 230 g/mol. The van der Waals surface area contributed by atoms with E-state index in [9.17, 15) is 4.79 Å². The molecule has 0 saturated heterocycles.